The van der Waals surface area contributed by atoms with Gasteiger partial charge in [-0.2, -0.15) is 9.40 Å². The van der Waals surface area contributed by atoms with Crippen LogP contribution < -0.4 is 0 Å². The molecular weight excluding hydrogens is 374 g/mol. The SMILES string of the molecule is Cn1nc([C@@H]2CCCN(S(=O)(=O)c3ccc(Cl)cc3)C2)c2nccnc21. The summed E-state index contributed by atoms with van der Waals surface area (Å²) in [6.45, 7) is 0.881. The van der Waals surface area contributed by atoms with Gasteiger partial charge in [-0.15, -0.1) is 0 Å². The first-order valence-electron chi connectivity index (χ1n) is 8.36. The lowest BCUT2D eigenvalue weighted by atomic mass is 9.96. The van der Waals surface area contributed by atoms with E-state index in [1.165, 1.54) is 4.31 Å². The molecule has 3 aromatic rings. The minimum absolute atomic E-state index is 0.00812. The first kappa shape index (κ1) is 17.4. The van der Waals surface area contributed by atoms with Gasteiger partial charge in [-0.1, -0.05) is 11.6 Å². The van der Waals surface area contributed by atoms with E-state index in [4.69, 9.17) is 11.6 Å². The predicted molar refractivity (Wildman–Crippen MR) is 98.5 cm³/mol. The molecule has 1 saturated heterocycles. The summed E-state index contributed by atoms with van der Waals surface area (Å²) in [6.07, 6.45) is 4.91. The molecule has 3 heterocycles. The summed E-state index contributed by atoms with van der Waals surface area (Å²) in [6, 6.07) is 6.28. The molecule has 9 heteroatoms. The zero-order valence-corrected chi connectivity index (χ0v) is 15.8. The lowest BCUT2D eigenvalue weighted by molar-refractivity contribution is 0.312. The Bertz CT molecular complexity index is 1050. The first-order valence-corrected chi connectivity index (χ1v) is 10.2. The van der Waals surface area contributed by atoms with E-state index in [0.717, 1.165) is 24.1 Å². The number of rotatable bonds is 3. The Balaban J connectivity index is 1.66. The molecule has 0 N–H and O–H groups in total. The second-order valence-electron chi connectivity index (χ2n) is 6.39. The van der Waals surface area contributed by atoms with Crippen LogP contribution in [0.15, 0.2) is 41.6 Å². The quantitative estimate of drug-likeness (QED) is 0.685. The second-order valence-corrected chi connectivity index (χ2v) is 8.77. The predicted octanol–water partition coefficient (Wildman–Crippen LogP) is 2.59. The zero-order chi connectivity index (χ0) is 18.3. The van der Waals surface area contributed by atoms with Gasteiger partial charge < -0.3 is 0 Å². The molecule has 1 aliphatic heterocycles. The van der Waals surface area contributed by atoms with Crippen LogP contribution in [-0.4, -0.2) is 45.6 Å². The molecule has 1 atom stereocenters. The molecule has 1 aliphatic rings. The van der Waals surface area contributed by atoms with E-state index in [9.17, 15) is 8.42 Å². The summed E-state index contributed by atoms with van der Waals surface area (Å²) in [5, 5.41) is 5.08. The Morgan fingerprint density at radius 1 is 1.15 bits per heavy atom. The van der Waals surface area contributed by atoms with Crippen molar-refractivity contribution >= 4 is 32.8 Å². The first-order chi connectivity index (χ1) is 12.5. The minimum Gasteiger partial charge on any atom is -0.249 e. The second kappa shape index (κ2) is 6.61. The van der Waals surface area contributed by atoms with Gasteiger partial charge in [-0.05, 0) is 37.1 Å². The maximum absolute atomic E-state index is 13.0. The van der Waals surface area contributed by atoms with E-state index in [0.29, 0.717) is 23.8 Å². The van der Waals surface area contributed by atoms with Gasteiger partial charge in [0.25, 0.3) is 0 Å². The Morgan fingerprint density at radius 3 is 2.65 bits per heavy atom. The normalized spacial score (nSPS) is 19.1. The molecule has 26 heavy (non-hydrogen) atoms. The van der Waals surface area contributed by atoms with Crippen LogP contribution in [0.5, 0.6) is 0 Å². The van der Waals surface area contributed by atoms with Crippen molar-refractivity contribution in [3.05, 3.63) is 47.4 Å². The largest absolute Gasteiger partial charge is 0.249 e. The van der Waals surface area contributed by atoms with Gasteiger partial charge in [0.15, 0.2) is 5.65 Å². The minimum atomic E-state index is -3.56. The Morgan fingerprint density at radius 2 is 1.88 bits per heavy atom. The number of sulfonamides is 1. The third-order valence-corrected chi connectivity index (χ3v) is 6.84. The van der Waals surface area contributed by atoms with Crippen LogP contribution in [0.3, 0.4) is 0 Å². The molecule has 4 rings (SSSR count). The highest BCUT2D eigenvalue weighted by molar-refractivity contribution is 7.89. The number of piperidine rings is 1. The summed E-state index contributed by atoms with van der Waals surface area (Å²) in [7, 11) is -1.74. The average Bonchev–Trinajstić information content (AvgIpc) is 2.99. The van der Waals surface area contributed by atoms with Gasteiger partial charge in [0.1, 0.15) is 5.52 Å². The summed E-state index contributed by atoms with van der Waals surface area (Å²) in [5.41, 5.74) is 2.26. The van der Waals surface area contributed by atoms with Crippen LogP contribution >= 0.6 is 11.6 Å². The number of fused-ring (bicyclic) bond motifs is 1. The molecule has 0 unspecified atom stereocenters. The number of aryl methyl sites for hydroxylation is 1. The molecule has 7 nitrogen and oxygen atoms in total. The van der Waals surface area contributed by atoms with Gasteiger partial charge in [-0.3, -0.25) is 0 Å². The van der Waals surface area contributed by atoms with Crippen LogP contribution in [-0.2, 0) is 17.1 Å². The molecule has 0 spiro atoms. The average molecular weight is 392 g/mol. The Kier molecular flexibility index (Phi) is 4.42. The molecule has 0 amide bonds. The molecular formula is C17H18ClN5O2S. The standard InChI is InChI=1S/C17H18ClN5O2S/c1-22-17-16(19-8-9-20-17)15(21-22)12-3-2-10-23(11-12)26(24,25)14-6-4-13(18)5-7-14/h4-9,12H,2-3,10-11H2,1H3/t12-/m1/s1. The maximum atomic E-state index is 13.0. The summed E-state index contributed by atoms with van der Waals surface area (Å²) in [5.74, 6) is -0.00812. The third kappa shape index (κ3) is 2.98. The van der Waals surface area contributed by atoms with Crippen LogP contribution in [0.25, 0.3) is 11.2 Å². The van der Waals surface area contributed by atoms with Crippen LogP contribution in [0.2, 0.25) is 5.02 Å². The summed E-state index contributed by atoms with van der Waals surface area (Å²) >= 11 is 5.88. The van der Waals surface area contributed by atoms with Crippen molar-refractivity contribution in [1.29, 1.82) is 0 Å². The van der Waals surface area contributed by atoms with Crippen molar-refractivity contribution in [2.45, 2.75) is 23.7 Å². The topological polar surface area (TPSA) is 81.0 Å². The third-order valence-electron chi connectivity index (χ3n) is 4.71. The lowest BCUT2D eigenvalue weighted by Gasteiger charge is -2.31. The highest BCUT2D eigenvalue weighted by Crippen LogP contribution is 2.32. The monoisotopic (exact) mass is 391 g/mol. The van der Waals surface area contributed by atoms with E-state index in [-0.39, 0.29) is 10.8 Å². The van der Waals surface area contributed by atoms with E-state index >= 15 is 0 Å². The molecule has 136 valence electrons. The fraction of sp³-hybridized carbons (Fsp3) is 0.353. The zero-order valence-electron chi connectivity index (χ0n) is 14.2. The maximum Gasteiger partial charge on any atom is 0.243 e. The highest BCUT2D eigenvalue weighted by atomic mass is 35.5. The molecule has 0 radical (unpaired) electrons. The number of aromatic nitrogens is 4. The smallest absolute Gasteiger partial charge is 0.243 e. The number of nitrogens with zero attached hydrogens (tertiary/aromatic N) is 5. The van der Waals surface area contributed by atoms with E-state index < -0.39 is 10.0 Å². The summed E-state index contributed by atoms with van der Waals surface area (Å²) < 4.78 is 29.2. The molecule has 2 aromatic heterocycles. The molecule has 1 aromatic carbocycles. The van der Waals surface area contributed by atoms with E-state index in [2.05, 4.69) is 15.1 Å². The van der Waals surface area contributed by atoms with Crippen molar-refractivity contribution in [2.24, 2.45) is 7.05 Å². The van der Waals surface area contributed by atoms with Gasteiger partial charge in [-0.25, -0.2) is 23.1 Å². The van der Waals surface area contributed by atoms with Gasteiger partial charge in [0.05, 0.1) is 10.6 Å². The molecule has 1 fully saturated rings. The number of benzene rings is 1. The van der Waals surface area contributed by atoms with Gasteiger partial charge in [0.2, 0.25) is 10.0 Å². The van der Waals surface area contributed by atoms with Crippen LogP contribution in [0.4, 0.5) is 0 Å². The van der Waals surface area contributed by atoms with E-state index in [1.54, 1.807) is 41.3 Å². The van der Waals surface area contributed by atoms with Crippen molar-refractivity contribution in [3.8, 4) is 0 Å². The van der Waals surface area contributed by atoms with Crippen LogP contribution in [0, 0.1) is 0 Å². The van der Waals surface area contributed by atoms with Gasteiger partial charge >= 0.3 is 0 Å². The number of hydrogen-bond acceptors (Lipinski definition) is 5. The lowest BCUT2D eigenvalue weighted by Crippen LogP contribution is -2.39. The number of halogens is 1. The fourth-order valence-electron chi connectivity index (χ4n) is 3.42. The van der Waals surface area contributed by atoms with E-state index in [1.807, 2.05) is 7.05 Å². The number of hydrogen-bond donors (Lipinski definition) is 0. The molecule has 0 aliphatic carbocycles. The Labute approximate surface area is 156 Å². The van der Waals surface area contributed by atoms with Crippen molar-refractivity contribution < 1.29 is 8.42 Å². The fourth-order valence-corrected chi connectivity index (χ4v) is 5.07. The summed E-state index contributed by atoms with van der Waals surface area (Å²) in [4.78, 5) is 8.97. The van der Waals surface area contributed by atoms with Gasteiger partial charge in [0, 0.05) is 43.5 Å². The van der Waals surface area contributed by atoms with Crippen molar-refractivity contribution in [3.63, 3.8) is 0 Å². The Hall–Kier alpha value is -2.03. The van der Waals surface area contributed by atoms with Crippen molar-refractivity contribution in [2.75, 3.05) is 13.1 Å². The highest BCUT2D eigenvalue weighted by Gasteiger charge is 2.33. The molecule has 0 bridgehead atoms. The van der Waals surface area contributed by atoms with Crippen molar-refractivity contribution in [1.82, 2.24) is 24.1 Å². The molecule has 0 saturated carbocycles. The van der Waals surface area contributed by atoms with Crippen LogP contribution in [0.1, 0.15) is 24.5 Å².